The Bertz CT molecular complexity index is 771. The van der Waals surface area contributed by atoms with Gasteiger partial charge in [0.25, 0.3) is 0 Å². The second-order valence-electron chi connectivity index (χ2n) is 6.69. The first-order chi connectivity index (χ1) is 12.4. The Morgan fingerprint density at radius 2 is 1.77 bits per heavy atom. The Kier molecular flexibility index (Phi) is 5.84. The van der Waals surface area contributed by atoms with Gasteiger partial charge < -0.3 is 15.3 Å². The van der Waals surface area contributed by atoms with E-state index in [2.05, 4.69) is 31.0 Å². The van der Waals surface area contributed by atoms with Crippen LogP contribution in [0.15, 0.2) is 46.9 Å². The Balaban J connectivity index is 1.56. The topological polar surface area (TPSA) is 55.8 Å². The van der Waals surface area contributed by atoms with Crippen molar-refractivity contribution >= 4 is 33.2 Å². The van der Waals surface area contributed by atoms with Gasteiger partial charge in [0.1, 0.15) is 5.75 Å². The van der Waals surface area contributed by atoms with Crippen molar-refractivity contribution in [3.05, 3.63) is 52.5 Å². The molecule has 1 saturated heterocycles. The highest BCUT2D eigenvalue weighted by atomic mass is 79.9. The zero-order valence-corrected chi connectivity index (χ0v) is 16.7. The van der Waals surface area contributed by atoms with Gasteiger partial charge in [-0.15, -0.1) is 0 Å². The van der Waals surface area contributed by atoms with Crippen LogP contribution in [0.1, 0.15) is 12.5 Å². The number of hydrogen-bond acceptors (Lipinski definition) is 4. The minimum absolute atomic E-state index is 0.00707. The molecule has 6 heteroatoms. The predicted molar refractivity (Wildman–Crippen MR) is 109 cm³/mol. The lowest BCUT2D eigenvalue weighted by Crippen LogP contribution is -2.52. The maximum Gasteiger partial charge on any atom is 0.241 e. The lowest BCUT2D eigenvalue weighted by molar-refractivity contribution is -0.120. The van der Waals surface area contributed by atoms with Gasteiger partial charge in [-0.05, 0) is 71.7 Å². The van der Waals surface area contributed by atoms with E-state index >= 15 is 0 Å². The highest BCUT2D eigenvalue weighted by molar-refractivity contribution is 9.10. The predicted octanol–water partition coefficient (Wildman–Crippen LogP) is 3.61. The molecule has 1 heterocycles. The van der Waals surface area contributed by atoms with E-state index in [1.54, 1.807) is 12.1 Å². The zero-order valence-electron chi connectivity index (χ0n) is 15.1. The molecule has 1 aliphatic rings. The molecule has 0 radical (unpaired) electrons. The standard InChI is InChI=1S/C20H24BrN3O2/c1-14-3-8-19(18(21)13-14)22-20(26)15(2)23-9-11-24(12-10-23)16-4-6-17(25)7-5-16/h3-8,13,15,25H,9-12H2,1-2H3,(H,22,26)/t15-/m1/s1. The van der Waals surface area contributed by atoms with Crippen LogP contribution in [-0.2, 0) is 4.79 Å². The molecule has 0 bridgehead atoms. The quantitative estimate of drug-likeness (QED) is 0.797. The van der Waals surface area contributed by atoms with E-state index in [1.165, 1.54) is 0 Å². The summed E-state index contributed by atoms with van der Waals surface area (Å²) in [5, 5.41) is 12.4. The number of aryl methyl sites for hydroxylation is 1. The van der Waals surface area contributed by atoms with Crippen LogP contribution in [-0.4, -0.2) is 48.1 Å². The third-order valence-electron chi connectivity index (χ3n) is 4.84. The van der Waals surface area contributed by atoms with Gasteiger partial charge in [0.2, 0.25) is 5.91 Å². The second kappa shape index (κ2) is 8.10. The zero-order chi connectivity index (χ0) is 18.7. The number of piperazine rings is 1. The minimum Gasteiger partial charge on any atom is -0.508 e. The van der Waals surface area contributed by atoms with Crippen molar-refractivity contribution in [3.8, 4) is 5.75 Å². The van der Waals surface area contributed by atoms with Crippen LogP contribution in [0.2, 0.25) is 0 Å². The summed E-state index contributed by atoms with van der Waals surface area (Å²) in [7, 11) is 0. The fourth-order valence-electron chi connectivity index (χ4n) is 3.16. The third-order valence-corrected chi connectivity index (χ3v) is 5.49. The molecule has 0 aromatic heterocycles. The number of anilines is 2. The normalized spacial score (nSPS) is 16.3. The van der Waals surface area contributed by atoms with Crippen LogP contribution in [0.4, 0.5) is 11.4 Å². The Morgan fingerprint density at radius 1 is 1.12 bits per heavy atom. The van der Waals surface area contributed by atoms with Gasteiger partial charge >= 0.3 is 0 Å². The number of nitrogens with one attached hydrogen (secondary N) is 1. The number of nitrogens with zero attached hydrogens (tertiary/aromatic N) is 2. The van der Waals surface area contributed by atoms with Crippen molar-refractivity contribution in [1.29, 1.82) is 0 Å². The summed E-state index contributed by atoms with van der Waals surface area (Å²) in [6.07, 6.45) is 0. The molecule has 2 aromatic carbocycles. The van der Waals surface area contributed by atoms with E-state index in [4.69, 9.17) is 0 Å². The van der Waals surface area contributed by atoms with Crippen LogP contribution in [0.3, 0.4) is 0 Å². The average Bonchev–Trinajstić information content (AvgIpc) is 2.64. The van der Waals surface area contributed by atoms with Crippen molar-refractivity contribution in [1.82, 2.24) is 4.90 Å². The number of hydrogen-bond donors (Lipinski definition) is 2. The molecule has 3 rings (SSSR count). The van der Waals surface area contributed by atoms with E-state index in [1.807, 2.05) is 44.2 Å². The van der Waals surface area contributed by atoms with Gasteiger partial charge in [-0.25, -0.2) is 0 Å². The summed E-state index contributed by atoms with van der Waals surface area (Å²) in [5.41, 5.74) is 3.05. The number of carbonyl (C=O) groups excluding carboxylic acids is 1. The first kappa shape index (κ1) is 18.7. The molecule has 0 unspecified atom stereocenters. The van der Waals surface area contributed by atoms with Gasteiger partial charge in [-0.2, -0.15) is 0 Å². The summed E-state index contributed by atoms with van der Waals surface area (Å²) in [6, 6.07) is 13.0. The number of phenolic OH excluding ortho intramolecular Hbond substituents is 1. The number of rotatable bonds is 4. The molecule has 1 amide bonds. The minimum atomic E-state index is -0.190. The molecule has 0 spiro atoms. The summed E-state index contributed by atoms with van der Waals surface area (Å²) < 4.78 is 0.898. The first-order valence-corrected chi connectivity index (χ1v) is 9.58. The Morgan fingerprint density at radius 3 is 2.38 bits per heavy atom. The van der Waals surface area contributed by atoms with E-state index in [-0.39, 0.29) is 17.7 Å². The van der Waals surface area contributed by atoms with Crippen LogP contribution in [0.25, 0.3) is 0 Å². The van der Waals surface area contributed by atoms with Gasteiger partial charge in [0.15, 0.2) is 0 Å². The molecule has 1 fully saturated rings. The van der Waals surface area contributed by atoms with Crippen LogP contribution >= 0.6 is 15.9 Å². The summed E-state index contributed by atoms with van der Waals surface area (Å²) >= 11 is 3.51. The van der Waals surface area contributed by atoms with E-state index in [0.29, 0.717) is 0 Å². The van der Waals surface area contributed by atoms with Crippen molar-refractivity contribution in [2.45, 2.75) is 19.9 Å². The smallest absolute Gasteiger partial charge is 0.241 e. The molecule has 0 saturated carbocycles. The molecular weight excluding hydrogens is 394 g/mol. The number of benzene rings is 2. The maximum atomic E-state index is 12.6. The first-order valence-electron chi connectivity index (χ1n) is 8.79. The molecule has 1 atom stereocenters. The highest BCUT2D eigenvalue weighted by Gasteiger charge is 2.26. The van der Waals surface area contributed by atoms with Crippen molar-refractivity contribution in [2.75, 3.05) is 36.4 Å². The highest BCUT2D eigenvalue weighted by Crippen LogP contribution is 2.24. The molecular formula is C20H24BrN3O2. The van der Waals surface area contributed by atoms with Gasteiger partial charge in [0, 0.05) is 36.3 Å². The molecule has 1 aliphatic heterocycles. The van der Waals surface area contributed by atoms with Gasteiger partial charge in [-0.1, -0.05) is 6.07 Å². The molecule has 2 aromatic rings. The van der Waals surface area contributed by atoms with Crippen LogP contribution < -0.4 is 10.2 Å². The van der Waals surface area contributed by atoms with Crippen molar-refractivity contribution in [2.24, 2.45) is 0 Å². The van der Waals surface area contributed by atoms with Gasteiger partial charge in [-0.3, -0.25) is 9.69 Å². The van der Waals surface area contributed by atoms with Crippen molar-refractivity contribution in [3.63, 3.8) is 0 Å². The number of amides is 1. The largest absolute Gasteiger partial charge is 0.508 e. The van der Waals surface area contributed by atoms with Crippen LogP contribution in [0.5, 0.6) is 5.75 Å². The molecule has 26 heavy (non-hydrogen) atoms. The average molecular weight is 418 g/mol. The fraction of sp³-hybridized carbons (Fsp3) is 0.350. The summed E-state index contributed by atoms with van der Waals surface area (Å²) in [4.78, 5) is 17.1. The number of phenols is 1. The Hall–Kier alpha value is -2.05. The van der Waals surface area contributed by atoms with E-state index < -0.39 is 0 Å². The maximum absolute atomic E-state index is 12.6. The SMILES string of the molecule is Cc1ccc(NC(=O)[C@@H](C)N2CCN(c3ccc(O)cc3)CC2)c(Br)c1. The van der Waals surface area contributed by atoms with Gasteiger partial charge in [0.05, 0.1) is 11.7 Å². The summed E-state index contributed by atoms with van der Waals surface area (Å²) in [5.74, 6) is 0.285. The number of carbonyl (C=O) groups is 1. The molecule has 2 N–H and O–H groups in total. The van der Waals surface area contributed by atoms with Crippen molar-refractivity contribution < 1.29 is 9.90 Å². The van der Waals surface area contributed by atoms with Crippen LogP contribution in [0, 0.1) is 6.92 Å². The molecule has 0 aliphatic carbocycles. The van der Waals surface area contributed by atoms with E-state index in [9.17, 15) is 9.90 Å². The monoisotopic (exact) mass is 417 g/mol. The number of aromatic hydroxyl groups is 1. The fourth-order valence-corrected chi connectivity index (χ4v) is 3.75. The molecule has 5 nitrogen and oxygen atoms in total. The lowest BCUT2D eigenvalue weighted by Gasteiger charge is -2.38. The van der Waals surface area contributed by atoms with E-state index in [0.717, 1.165) is 47.6 Å². The lowest BCUT2D eigenvalue weighted by atomic mass is 10.2. The number of halogens is 1. The Labute approximate surface area is 162 Å². The summed E-state index contributed by atoms with van der Waals surface area (Å²) in [6.45, 7) is 7.34. The second-order valence-corrected chi connectivity index (χ2v) is 7.54. The molecule has 138 valence electrons. The third kappa shape index (κ3) is 4.37.